The van der Waals surface area contributed by atoms with Gasteiger partial charge in [-0.1, -0.05) is 13.8 Å². The van der Waals surface area contributed by atoms with Crippen LogP contribution in [0.25, 0.3) is 0 Å². The molecule has 0 unspecified atom stereocenters. The summed E-state index contributed by atoms with van der Waals surface area (Å²) in [6.07, 6.45) is 0.472. The van der Waals surface area contributed by atoms with Gasteiger partial charge in [0.15, 0.2) is 0 Å². The number of nitrogens with one attached hydrogen (secondary N) is 1. The van der Waals surface area contributed by atoms with E-state index in [-0.39, 0.29) is 5.92 Å². The summed E-state index contributed by atoms with van der Waals surface area (Å²) >= 11 is 0. The molecule has 0 rings (SSSR count). The van der Waals surface area contributed by atoms with Crippen molar-refractivity contribution in [1.82, 2.24) is 4.72 Å². The van der Waals surface area contributed by atoms with Gasteiger partial charge in [0.1, 0.15) is 0 Å². The quantitative estimate of drug-likeness (QED) is 0.714. The van der Waals surface area contributed by atoms with E-state index in [4.69, 9.17) is 5.73 Å². The Morgan fingerprint density at radius 2 is 1.73 bits per heavy atom. The van der Waals surface area contributed by atoms with E-state index in [1.165, 1.54) is 13.8 Å². The van der Waals surface area contributed by atoms with Crippen LogP contribution in [0, 0.1) is 5.92 Å². The molecule has 0 bridgehead atoms. The molecule has 6 heteroatoms. The SMILES string of the molecule is CC(C)C[C@H](N)C(=O)NS(=O)(=O)C(C)C. The molecule has 0 aromatic rings. The third-order valence-electron chi connectivity index (χ3n) is 1.93. The molecular weight excluding hydrogens is 216 g/mol. The second-order valence-corrected chi connectivity index (χ2v) is 6.53. The minimum atomic E-state index is -3.56. The van der Waals surface area contributed by atoms with Gasteiger partial charge in [-0.15, -0.1) is 0 Å². The van der Waals surface area contributed by atoms with Crippen molar-refractivity contribution in [2.75, 3.05) is 0 Å². The molecule has 0 spiro atoms. The van der Waals surface area contributed by atoms with Crippen LogP contribution in [0.1, 0.15) is 34.1 Å². The molecule has 0 aliphatic rings. The molecule has 0 fully saturated rings. The van der Waals surface area contributed by atoms with Crippen LogP contribution in [0.2, 0.25) is 0 Å². The predicted molar refractivity (Wildman–Crippen MR) is 59.6 cm³/mol. The Labute approximate surface area is 91.5 Å². The number of rotatable bonds is 5. The van der Waals surface area contributed by atoms with Crippen LogP contribution >= 0.6 is 0 Å². The Bertz CT molecular complexity index is 309. The molecule has 0 heterocycles. The zero-order valence-corrected chi connectivity index (χ0v) is 10.5. The summed E-state index contributed by atoms with van der Waals surface area (Å²) in [5, 5.41) is -0.632. The van der Waals surface area contributed by atoms with E-state index in [0.717, 1.165) is 0 Å². The topological polar surface area (TPSA) is 89.3 Å². The average Bonchev–Trinajstić information content (AvgIpc) is 2.01. The number of hydrogen-bond acceptors (Lipinski definition) is 4. The number of sulfonamides is 1. The minimum absolute atomic E-state index is 0.257. The summed E-state index contributed by atoms with van der Waals surface area (Å²) < 4.78 is 24.7. The highest BCUT2D eigenvalue weighted by Gasteiger charge is 2.23. The lowest BCUT2D eigenvalue weighted by atomic mass is 10.0. The van der Waals surface area contributed by atoms with E-state index in [2.05, 4.69) is 0 Å². The lowest BCUT2D eigenvalue weighted by molar-refractivity contribution is -0.120. The van der Waals surface area contributed by atoms with E-state index in [1.54, 1.807) is 0 Å². The number of carbonyl (C=O) groups is 1. The first-order valence-electron chi connectivity index (χ1n) is 4.98. The van der Waals surface area contributed by atoms with Crippen molar-refractivity contribution in [2.45, 2.75) is 45.4 Å². The molecule has 1 atom stereocenters. The molecule has 0 saturated carbocycles. The van der Waals surface area contributed by atoms with Crippen molar-refractivity contribution in [3.8, 4) is 0 Å². The molecule has 3 N–H and O–H groups in total. The van der Waals surface area contributed by atoms with Crippen molar-refractivity contribution in [3.63, 3.8) is 0 Å². The Kier molecular flexibility index (Phi) is 5.23. The highest BCUT2D eigenvalue weighted by molar-refractivity contribution is 7.90. The van der Waals surface area contributed by atoms with Crippen molar-refractivity contribution in [1.29, 1.82) is 0 Å². The first-order valence-corrected chi connectivity index (χ1v) is 6.52. The van der Waals surface area contributed by atoms with Crippen LogP contribution < -0.4 is 10.5 Å². The summed E-state index contributed by atoms with van der Waals surface area (Å²) in [5.41, 5.74) is 5.55. The van der Waals surface area contributed by atoms with Gasteiger partial charge in [0, 0.05) is 0 Å². The summed E-state index contributed by atoms with van der Waals surface area (Å²) in [5.74, 6) is -0.370. The number of nitrogens with two attached hydrogens (primary N) is 1. The summed E-state index contributed by atoms with van der Waals surface area (Å²) in [6.45, 7) is 6.85. The molecule has 0 aromatic carbocycles. The smallest absolute Gasteiger partial charge is 0.250 e. The molecule has 15 heavy (non-hydrogen) atoms. The van der Waals surface area contributed by atoms with Gasteiger partial charge in [-0.2, -0.15) is 0 Å². The third-order valence-corrected chi connectivity index (χ3v) is 3.65. The molecule has 1 amide bonds. The van der Waals surface area contributed by atoms with Gasteiger partial charge in [-0.25, -0.2) is 8.42 Å². The first kappa shape index (κ1) is 14.4. The van der Waals surface area contributed by atoms with E-state index >= 15 is 0 Å². The van der Waals surface area contributed by atoms with E-state index in [1.807, 2.05) is 18.6 Å². The summed E-state index contributed by atoms with van der Waals surface area (Å²) in [7, 11) is -3.56. The molecular formula is C9H20N2O3S. The fourth-order valence-corrected chi connectivity index (χ4v) is 1.62. The number of amides is 1. The van der Waals surface area contributed by atoms with Crippen LogP contribution in [0.5, 0.6) is 0 Å². The second-order valence-electron chi connectivity index (χ2n) is 4.30. The highest BCUT2D eigenvalue weighted by Crippen LogP contribution is 2.04. The standard InChI is InChI=1S/C9H20N2O3S/c1-6(2)5-8(10)9(12)11-15(13,14)7(3)4/h6-8H,5,10H2,1-4H3,(H,11,12)/t8-/m0/s1. The van der Waals surface area contributed by atoms with Crippen LogP contribution in [-0.4, -0.2) is 25.6 Å². The van der Waals surface area contributed by atoms with Crippen molar-refractivity contribution < 1.29 is 13.2 Å². The Morgan fingerprint density at radius 3 is 2.07 bits per heavy atom. The maximum atomic E-state index is 11.4. The Morgan fingerprint density at radius 1 is 1.27 bits per heavy atom. The minimum Gasteiger partial charge on any atom is -0.320 e. The zero-order chi connectivity index (χ0) is 12.2. The molecule has 0 aliphatic heterocycles. The highest BCUT2D eigenvalue weighted by atomic mass is 32.2. The normalized spacial score (nSPS) is 14.3. The van der Waals surface area contributed by atoms with Crippen molar-refractivity contribution in [2.24, 2.45) is 11.7 Å². The van der Waals surface area contributed by atoms with Gasteiger partial charge in [-0.3, -0.25) is 9.52 Å². The van der Waals surface area contributed by atoms with Crippen LogP contribution in [0.3, 0.4) is 0 Å². The molecule has 90 valence electrons. The fraction of sp³-hybridized carbons (Fsp3) is 0.889. The van der Waals surface area contributed by atoms with E-state index < -0.39 is 27.2 Å². The van der Waals surface area contributed by atoms with Gasteiger partial charge in [0.05, 0.1) is 11.3 Å². The largest absolute Gasteiger partial charge is 0.320 e. The van der Waals surface area contributed by atoms with Gasteiger partial charge >= 0.3 is 0 Å². The molecule has 0 aromatic heterocycles. The number of carbonyl (C=O) groups excluding carboxylic acids is 1. The molecule has 5 nitrogen and oxygen atoms in total. The zero-order valence-electron chi connectivity index (χ0n) is 9.65. The van der Waals surface area contributed by atoms with Gasteiger partial charge in [-0.05, 0) is 26.2 Å². The Balaban J connectivity index is 4.38. The first-order chi connectivity index (χ1) is 6.66. The second kappa shape index (κ2) is 5.46. The average molecular weight is 236 g/mol. The maximum Gasteiger partial charge on any atom is 0.250 e. The monoisotopic (exact) mass is 236 g/mol. The maximum absolute atomic E-state index is 11.4. The van der Waals surface area contributed by atoms with Gasteiger partial charge in [0.2, 0.25) is 15.9 Å². The Hall–Kier alpha value is -0.620. The van der Waals surface area contributed by atoms with E-state index in [9.17, 15) is 13.2 Å². The molecule has 0 saturated heterocycles. The van der Waals surface area contributed by atoms with Crippen LogP contribution in [0.15, 0.2) is 0 Å². The van der Waals surface area contributed by atoms with E-state index in [0.29, 0.717) is 6.42 Å². The molecule has 0 aliphatic carbocycles. The lowest BCUT2D eigenvalue weighted by Gasteiger charge is -2.15. The summed E-state index contributed by atoms with van der Waals surface area (Å²) in [6, 6.07) is -0.765. The van der Waals surface area contributed by atoms with Gasteiger partial charge in [0.25, 0.3) is 0 Å². The number of hydrogen-bond donors (Lipinski definition) is 2. The van der Waals surface area contributed by atoms with Crippen molar-refractivity contribution in [3.05, 3.63) is 0 Å². The summed E-state index contributed by atoms with van der Waals surface area (Å²) in [4.78, 5) is 11.4. The van der Waals surface area contributed by atoms with Crippen LogP contribution in [0.4, 0.5) is 0 Å². The lowest BCUT2D eigenvalue weighted by Crippen LogP contribution is -2.46. The van der Waals surface area contributed by atoms with Gasteiger partial charge < -0.3 is 5.73 Å². The van der Waals surface area contributed by atoms with Crippen LogP contribution in [-0.2, 0) is 14.8 Å². The third kappa shape index (κ3) is 5.13. The molecule has 0 radical (unpaired) electrons. The predicted octanol–water partition coefficient (Wildman–Crippen LogP) is 0.214. The fourth-order valence-electron chi connectivity index (χ4n) is 0.949. The van der Waals surface area contributed by atoms with Crippen molar-refractivity contribution >= 4 is 15.9 Å².